The summed E-state index contributed by atoms with van der Waals surface area (Å²) >= 11 is 3.31. The molecule has 1 saturated heterocycles. The summed E-state index contributed by atoms with van der Waals surface area (Å²) in [4.78, 5) is 21.1. The molecule has 0 radical (unpaired) electrons. The summed E-state index contributed by atoms with van der Waals surface area (Å²) in [5.41, 5.74) is 1.60. The average molecular weight is 456 g/mol. The van der Waals surface area contributed by atoms with Gasteiger partial charge in [-0.25, -0.2) is 9.37 Å². The van der Waals surface area contributed by atoms with Crippen LogP contribution in [0, 0.1) is 11.7 Å². The van der Waals surface area contributed by atoms with Gasteiger partial charge in [-0.15, -0.1) is 23.1 Å². The Labute approximate surface area is 190 Å². The molecule has 0 bridgehead atoms. The number of hydrogen-bond acceptors (Lipinski definition) is 5. The molecule has 0 spiro atoms. The number of benzene rings is 1. The van der Waals surface area contributed by atoms with E-state index in [0.717, 1.165) is 38.0 Å². The number of nitrogens with zero attached hydrogens (tertiary/aromatic N) is 2. The van der Waals surface area contributed by atoms with Gasteiger partial charge in [-0.1, -0.05) is 18.2 Å². The van der Waals surface area contributed by atoms with Gasteiger partial charge in [0.1, 0.15) is 10.8 Å². The maximum atomic E-state index is 13.1. The van der Waals surface area contributed by atoms with E-state index < -0.39 is 0 Å². The number of carbonyl (C=O) groups excluding carboxylic acids is 1. The molecule has 1 N–H and O–H groups in total. The quantitative estimate of drug-likeness (QED) is 0.473. The van der Waals surface area contributed by atoms with Crippen LogP contribution in [0.3, 0.4) is 0 Å². The summed E-state index contributed by atoms with van der Waals surface area (Å²) < 4.78 is 13.1. The fourth-order valence-corrected chi connectivity index (χ4v) is 5.41. The highest BCUT2D eigenvalue weighted by Gasteiger charge is 2.21. The van der Waals surface area contributed by atoms with Crippen molar-refractivity contribution in [2.45, 2.75) is 30.2 Å². The lowest BCUT2D eigenvalue weighted by Gasteiger charge is -2.31. The molecule has 1 fully saturated rings. The Morgan fingerprint density at radius 2 is 1.97 bits per heavy atom. The third kappa shape index (κ3) is 6.38. The van der Waals surface area contributed by atoms with Crippen LogP contribution in [0.1, 0.15) is 33.6 Å². The van der Waals surface area contributed by atoms with Crippen molar-refractivity contribution in [2.24, 2.45) is 5.92 Å². The van der Waals surface area contributed by atoms with E-state index in [1.54, 1.807) is 24.4 Å². The van der Waals surface area contributed by atoms with E-state index in [9.17, 15) is 9.18 Å². The summed E-state index contributed by atoms with van der Waals surface area (Å²) in [6.07, 6.45) is 3.91. The summed E-state index contributed by atoms with van der Waals surface area (Å²) in [7, 11) is 0. The van der Waals surface area contributed by atoms with E-state index in [2.05, 4.69) is 32.7 Å². The number of nitrogens with one attached hydrogen (secondary N) is 1. The highest BCUT2D eigenvalue weighted by molar-refractivity contribution is 7.98. The van der Waals surface area contributed by atoms with Crippen LogP contribution in [0.4, 0.5) is 4.39 Å². The van der Waals surface area contributed by atoms with Gasteiger partial charge in [0.2, 0.25) is 0 Å². The Bertz CT molecular complexity index is 971. The zero-order chi connectivity index (χ0) is 21.5. The molecule has 7 heteroatoms. The second-order valence-electron chi connectivity index (χ2n) is 7.78. The molecule has 0 atom stereocenters. The van der Waals surface area contributed by atoms with Crippen molar-refractivity contribution in [2.75, 3.05) is 19.6 Å². The maximum Gasteiger partial charge on any atom is 0.254 e. The molecule has 4 rings (SSSR count). The fourth-order valence-electron chi connectivity index (χ4n) is 3.71. The van der Waals surface area contributed by atoms with Gasteiger partial charge in [0.05, 0.1) is 5.56 Å². The smallest absolute Gasteiger partial charge is 0.254 e. The minimum absolute atomic E-state index is 0.0734. The second-order valence-corrected chi connectivity index (χ2v) is 9.78. The van der Waals surface area contributed by atoms with Crippen molar-refractivity contribution in [1.82, 2.24) is 15.2 Å². The Balaban J connectivity index is 1.25. The number of halogens is 1. The topological polar surface area (TPSA) is 45.2 Å². The number of hydrogen-bond donors (Lipinski definition) is 1. The van der Waals surface area contributed by atoms with Gasteiger partial charge in [0.15, 0.2) is 0 Å². The highest BCUT2D eigenvalue weighted by atomic mass is 32.2. The number of carbonyl (C=O) groups is 1. The van der Waals surface area contributed by atoms with Crippen LogP contribution in [-0.4, -0.2) is 35.4 Å². The van der Waals surface area contributed by atoms with Crippen molar-refractivity contribution in [3.63, 3.8) is 0 Å². The van der Waals surface area contributed by atoms with Crippen LogP contribution in [0.2, 0.25) is 0 Å². The number of likely N-dealkylation sites (tertiary alicyclic amines) is 1. The summed E-state index contributed by atoms with van der Waals surface area (Å²) in [5, 5.41) is 5.95. The molecule has 1 aromatic carbocycles. The van der Waals surface area contributed by atoms with E-state index in [1.807, 2.05) is 17.4 Å². The molecule has 0 saturated carbocycles. The van der Waals surface area contributed by atoms with Gasteiger partial charge < -0.3 is 5.32 Å². The minimum atomic E-state index is -0.246. The predicted molar refractivity (Wildman–Crippen MR) is 125 cm³/mol. The van der Waals surface area contributed by atoms with Gasteiger partial charge >= 0.3 is 0 Å². The van der Waals surface area contributed by atoms with Crippen LogP contribution < -0.4 is 5.32 Å². The number of amides is 1. The summed E-state index contributed by atoms with van der Waals surface area (Å²) in [6.45, 7) is 3.87. The lowest BCUT2D eigenvalue weighted by molar-refractivity contribution is 0.0931. The number of thioether (sulfide) groups is 1. The number of rotatable bonds is 8. The molecular formula is C24H26FN3OS2. The molecule has 162 valence electrons. The van der Waals surface area contributed by atoms with Gasteiger partial charge in [-0.05, 0) is 73.1 Å². The number of pyridine rings is 1. The Hall–Kier alpha value is -2.22. The van der Waals surface area contributed by atoms with Crippen molar-refractivity contribution in [1.29, 1.82) is 0 Å². The van der Waals surface area contributed by atoms with E-state index in [1.165, 1.54) is 28.8 Å². The Kier molecular flexibility index (Phi) is 7.72. The number of piperidine rings is 1. The fraction of sp³-hybridized carbons (Fsp3) is 0.333. The number of aromatic nitrogens is 1. The van der Waals surface area contributed by atoms with E-state index in [0.29, 0.717) is 28.8 Å². The van der Waals surface area contributed by atoms with Crippen molar-refractivity contribution >= 4 is 29.0 Å². The molecule has 1 aliphatic heterocycles. The standard InChI is InChI=1S/C24H26FN3OS2/c25-20-7-5-19(6-8-20)17-31-24-22(4-1-11-26-24)23(29)27-15-18-9-12-28(13-10-18)16-21-3-2-14-30-21/h1-8,11,14,18H,9-10,12-13,15-17H2,(H,27,29). The zero-order valence-corrected chi connectivity index (χ0v) is 18.9. The van der Waals surface area contributed by atoms with Gasteiger partial charge in [-0.3, -0.25) is 9.69 Å². The molecule has 1 aliphatic rings. The lowest BCUT2D eigenvalue weighted by Crippen LogP contribution is -2.38. The normalized spacial score (nSPS) is 15.1. The van der Waals surface area contributed by atoms with Crippen molar-refractivity contribution < 1.29 is 9.18 Å². The lowest BCUT2D eigenvalue weighted by atomic mass is 9.96. The van der Waals surface area contributed by atoms with Crippen LogP contribution in [-0.2, 0) is 12.3 Å². The molecule has 3 heterocycles. The highest BCUT2D eigenvalue weighted by Crippen LogP contribution is 2.25. The predicted octanol–water partition coefficient (Wildman–Crippen LogP) is 5.22. The molecule has 31 heavy (non-hydrogen) atoms. The van der Waals surface area contributed by atoms with Gasteiger partial charge in [-0.2, -0.15) is 0 Å². The third-order valence-electron chi connectivity index (χ3n) is 5.52. The third-order valence-corrected chi connectivity index (χ3v) is 7.46. The molecule has 3 aromatic rings. The van der Waals surface area contributed by atoms with E-state index in [-0.39, 0.29) is 11.7 Å². The first-order valence-corrected chi connectivity index (χ1v) is 12.4. The number of thiophene rings is 1. The summed E-state index contributed by atoms with van der Waals surface area (Å²) in [6, 6.07) is 14.3. The SMILES string of the molecule is O=C(NCC1CCN(Cc2cccs2)CC1)c1cccnc1SCc1ccc(F)cc1. The molecule has 2 aromatic heterocycles. The van der Waals surface area contributed by atoms with Crippen LogP contribution in [0.5, 0.6) is 0 Å². The second kappa shape index (κ2) is 10.9. The first-order chi connectivity index (χ1) is 15.2. The van der Waals surface area contributed by atoms with Crippen molar-refractivity contribution in [3.05, 3.63) is 81.9 Å². The molecule has 1 amide bonds. The largest absolute Gasteiger partial charge is 0.352 e. The van der Waals surface area contributed by atoms with Gasteiger partial charge in [0.25, 0.3) is 5.91 Å². The molecular weight excluding hydrogens is 429 g/mol. The first-order valence-electron chi connectivity index (χ1n) is 10.5. The van der Waals surface area contributed by atoms with Crippen LogP contribution >= 0.6 is 23.1 Å². The monoisotopic (exact) mass is 455 g/mol. The van der Waals surface area contributed by atoms with E-state index in [4.69, 9.17) is 0 Å². The van der Waals surface area contributed by atoms with E-state index >= 15 is 0 Å². The molecule has 0 unspecified atom stereocenters. The van der Waals surface area contributed by atoms with Crippen LogP contribution in [0.25, 0.3) is 0 Å². The summed E-state index contributed by atoms with van der Waals surface area (Å²) in [5.74, 6) is 0.829. The van der Waals surface area contributed by atoms with Crippen LogP contribution in [0.15, 0.2) is 65.1 Å². The van der Waals surface area contributed by atoms with Crippen molar-refractivity contribution in [3.8, 4) is 0 Å². The maximum absolute atomic E-state index is 13.1. The average Bonchev–Trinajstić information content (AvgIpc) is 3.31. The minimum Gasteiger partial charge on any atom is -0.352 e. The Morgan fingerprint density at radius 3 is 2.71 bits per heavy atom. The Morgan fingerprint density at radius 1 is 1.16 bits per heavy atom. The first kappa shape index (κ1) is 22.0. The molecule has 0 aliphatic carbocycles. The van der Waals surface area contributed by atoms with Gasteiger partial charge in [0, 0.05) is 29.9 Å². The molecule has 4 nitrogen and oxygen atoms in total. The zero-order valence-electron chi connectivity index (χ0n) is 17.3.